The van der Waals surface area contributed by atoms with Crippen molar-refractivity contribution in [3.63, 3.8) is 0 Å². The van der Waals surface area contributed by atoms with E-state index >= 15 is 0 Å². The molecule has 0 aromatic carbocycles. The van der Waals surface area contributed by atoms with Gasteiger partial charge in [0, 0.05) is 33.9 Å². The number of aliphatic hydroxyl groups is 1. The van der Waals surface area contributed by atoms with Crippen LogP contribution in [0.4, 0.5) is 0 Å². The van der Waals surface area contributed by atoms with Gasteiger partial charge in [0.2, 0.25) is 0 Å². The van der Waals surface area contributed by atoms with Gasteiger partial charge >= 0.3 is 0 Å². The molecule has 0 spiro atoms. The highest BCUT2D eigenvalue weighted by molar-refractivity contribution is 9.10. The maximum absolute atomic E-state index is 8.94. The minimum atomic E-state index is 0.0826. The van der Waals surface area contributed by atoms with Gasteiger partial charge in [0.1, 0.15) is 0 Å². The van der Waals surface area contributed by atoms with Crippen molar-refractivity contribution in [2.75, 3.05) is 19.7 Å². The van der Waals surface area contributed by atoms with E-state index in [1.807, 2.05) is 6.92 Å². The molecule has 1 aromatic rings. The predicted octanol–water partition coefficient (Wildman–Crippen LogP) is 2.60. The summed E-state index contributed by atoms with van der Waals surface area (Å²) in [4.78, 5) is 3.62. The van der Waals surface area contributed by atoms with E-state index in [2.05, 4.69) is 39.2 Å². The van der Waals surface area contributed by atoms with Crippen LogP contribution in [0.25, 0.3) is 0 Å². The lowest BCUT2D eigenvalue weighted by atomic mass is 10.1. The Kier molecular flexibility index (Phi) is 6.66. The molecule has 0 amide bonds. The Balaban J connectivity index is 2.83. The zero-order chi connectivity index (χ0) is 12.8. The molecule has 98 valence electrons. The van der Waals surface area contributed by atoms with Gasteiger partial charge in [-0.25, -0.2) is 0 Å². The number of aliphatic hydroxyl groups excluding tert-OH is 1. The third-order valence-corrected chi connectivity index (χ3v) is 4.54. The van der Waals surface area contributed by atoms with Crippen LogP contribution in [0.3, 0.4) is 0 Å². The fraction of sp³-hybridized carbons (Fsp3) is 0.667. The van der Waals surface area contributed by atoms with E-state index in [1.165, 1.54) is 4.88 Å². The summed E-state index contributed by atoms with van der Waals surface area (Å²) in [7, 11) is 0. The lowest BCUT2D eigenvalue weighted by Crippen LogP contribution is -2.39. The van der Waals surface area contributed by atoms with Crippen LogP contribution in [0.15, 0.2) is 15.9 Å². The first-order chi connectivity index (χ1) is 8.10. The van der Waals surface area contributed by atoms with Crippen molar-refractivity contribution in [2.45, 2.75) is 32.4 Å². The third-order valence-electron chi connectivity index (χ3n) is 2.78. The molecule has 0 fully saturated rings. The largest absolute Gasteiger partial charge is 0.396 e. The first-order valence-electron chi connectivity index (χ1n) is 5.94. The summed E-state index contributed by atoms with van der Waals surface area (Å²) >= 11 is 5.22. The minimum Gasteiger partial charge on any atom is -0.396 e. The van der Waals surface area contributed by atoms with Crippen LogP contribution in [0.5, 0.6) is 0 Å². The molecule has 0 radical (unpaired) electrons. The zero-order valence-electron chi connectivity index (χ0n) is 10.4. The quantitative estimate of drug-likeness (QED) is 0.812. The van der Waals surface area contributed by atoms with Gasteiger partial charge in [0.15, 0.2) is 0 Å². The SMILES string of the molecule is CCN(CCCO)C(c1cc(Br)cs1)C(C)N. The summed E-state index contributed by atoms with van der Waals surface area (Å²) in [5.41, 5.74) is 6.11. The second kappa shape index (κ2) is 7.48. The molecule has 0 aliphatic rings. The van der Waals surface area contributed by atoms with Crippen molar-refractivity contribution in [1.82, 2.24) is 4.90 Å². The van der Waals surface area contributed by atoms with Crippen molar-refractivity contribution in [1.29, 1.82) is 0 Å². The second-order valence-electron chi connectivity index (χ2n) is 4.18. The number of likely N-dealkylation sites (N-methyl/N-ethyl adjacent to an activating group) is 1. The van der Waals surface area contributed by atoms with Gasteiger partial charge < -0.3 is 10.8 Å². The molecule has 2 atom stereocenters. The molecule has 17 heavy (non-hydrogen) atoms. The van der Waals surface area contributed by atoms with Gasteiger partial charge in [-0.15, -0.1) is 11.3 Å². The molecule has 1 heterocycles. The molecule has 0 bridgehead atoms. The summed E-state index contributed by atoms with van der Waals surface area (Å²) in [5.74, 6) is 0. The lowest BCUT2D eigenvalue weighted by Gasteiger charge is -2.32. The second-order valence-corrected chi connectivity index (χ2v) is 6.04. The lowest BCUT2D eigenvalue weighted by molar-refractivity contribution is 0.167. The van der Waals surface area contributed by atoms with E-state index < -0.39 is 0 Å². The van der Waals surface area contributed by atoms with Gasteiger partial charge in [-0.2, -0.15) is 0 Å². The maximum atomic E-state index is 8.94. The molecular formula is C12H21BrN2OS. The monoisotopic (exact) mass is 320 g/mol. The number of nitrogens with two attached hydrogens (primary N) is 1. The highest BCUT2D eigenvalue weighted by Crippen LogP contribution is 2.31. The predicted molar refractivity (Wildman–Crippen MR) is 77.4 cm³/mol. The number of nitrogens with zero attached hydrogens (tertiary/aromatic N) is 1. The molecule has 0 aliphatic carbocycles. The Labute approximate surface area is 116 Å². The fourth-order valence-electron chi connectivity index (χ4n) is 2.02. The molecule has 1 aromatic heterocycles. The van der Waals surface area contributed by atoms with E-state index in [-0.39, 0.29) is 18.7 Å². The molecule has 0 saturated heterocycles. The Morgan fingerprint density at radius 2 is 2.29 bits per heavy atom. The van der Waals surface area contributed by atoms with Crippen LogP contribution in [0, 0.1) is 0 Å². The average molecular weight is 321 g/mol. The van der Waals surface area contributed by atoms with Gasteiger partial charge in [-0.05, 0) is 41.9 Å². The van der Waals surface area contributed by atoms with E-state index in [9.17, 15) is 0 Å². The summed E-state index contributed by atoms with van der Waals surface area (Å²) in [6.45, 7) is 6.24. The highest BCUT2D eigenvalue weighted by atomic mass is 79.9. The van der Waals surface area contributed by atoms with Crippen LogP contribution in [-0.4, -0.2) is 35.7 Å². The molecule has 0 saturated carbocycles. The number of thiophene rings is 1. The summed E-state index contributed by atoms with van der Waals surface area (Å²) in [6.07, 6.45) is 0.795. The molecule has 5 heteroatoms. The minimum absolute atomic E-state index is 0.0826. The van der Waals surface area contributed by atoms with Crippen LogP contribution in [-0.2, 0) is 0 Å². The molecular weight excluding hydrogens is 300 g/mol. The van der Waals surface area contributed by atoms with Crippen molar-refractivity contribution >= 4 is 27.3 Å². The molecule has 3 N–H and O–H groups in total. The molecule has 3 nitrogen and oxygen atoms in total. The standard InChI is InChI=1S/C12H21BrN2OS/c1-3-15(5-4-6-16)12(9(2)14)11-7-10(13)8-17-11/h7-9,12,16H,3-6,14H2,1-2H3. The van der Waals surface area contributed by atoms with E-state index in [4.69, 9.17) is 10.8 Å². The van der Waals surface area contributed by atoms with Gasteiger partial charge in [0.05, 0.1) is 6.04 Å². The van der Waals surface area contributed by atoms with Crippen molar-refractivity contribution in [2.24, 2.45) is 5.73 Å². The molecule has 1 rings (SSSR count). The van der Waals surface area contributed by atoms with Crippen molar-refractivity contribution < 1.29 is 5.11 Å². The Bertz CT molecular complexity index is 330. The van der Waals surface area contributed by atoms with Crippen LogP contribution in [0.2, 0.25) is 0 Å². The van der Waals surface area contributed by atoms with Gasteiger partial charge in [0.25, 0.3) is 0 Å². The number of hydrogen-bond donors (Lipinski definition) is 2. The fourth-order valence-corrected chi connectivity index (χ4v) is 3.72. The topological polar surface area (TPSA) is 49.5 Å². The number of hydrogen-bond acceptors (Lipinski definition) is 4. The zero-order valence-corrected chi connectivity index (χ0v) is 12.8. The third kappa shape index (κ3) is 4.34. The molecule has 0 aliphatic heterocycles. The van der Waals surface area contributed by atoms with Crippen LogP contribution in [0.1, 0.15) is 31.2 Å². The average Bonchev–Trinajstić information content (AvgIpc) is 2.69. The summed E-state index contributed by atoms with van der Waals surface area (Å²) < 4.78 is 1.11. The highest BCUT2D eigenvalue weighted by Gasteiger charge is 2.23. The van der Waals surface area contributed by atoms with Crippen LogP contribution < -0.4 is 5.73 Å². The first kappa shape index (κ1) is 15.1. The first-order valence-corrected chi connectivity index (χ1v) is 7.61. The summed E-state index contributed by atoms with van der Waals surface area (Å²) in [6, 6.07) is 2.46. The van der Waals surface area contributed by atoms with Crippen LogP contribution >= 0.6 is 27.3 Å². The van der Waals surface area contributed by atoms with Crippen molar-refractivity contribution in [3.8, 4) is 0 Å². The van der Waals surface area contributed by atoms with Crippen molar-refractivity contribution in [3.05, 3.63) is 20.8 Å². The maximum Gasteiger partial charge on any atom is 0.0591 e. The van der Waals surface area contributed by atoms with Gasteiger partial charge in [-0.3, -0.25) is 4.90 Å². The Morgan fingerprint density at radius 1 is 1.59 bits per heavy atom. The Morgan fingerprint density at radius 3 is 2.71 bits per heavy atom. The van der Waals surface area contributed by atoms with Gasteiger partial charge in [-0.1, -0.05) is 6.92 Å². The van der Waals surface area contributed by atoms with E-state index in [0.29, 0.717) is 0 Å². The summed E-state index contributed by atoms with van der Waals surface area (Å²) in [5, 5.41) is 11.0. The smallest absolute Gasteiger partial charge is 0.0591 e. The molecule has 2 unspecified atom stereocenters. The van der Waals surface area contributed by atoms with E-state index in [1.54, 1.807) is 11.3 Å². The Hall–Kier alpha value is 0.0600. The number of halogens is 1. The number of rotatable bonds is 7. The van der Waals surface area contributed by atoms with E-state index in [0.717, 1.165) is 24.0 Å². The normalized spacial score (nSPS) is 15.2.